The lowest BCUT2D eigenvalue weighted by Gasteiger charge is -2.26. The summed E-state index contributed by atoms with van der Waals surface area (Å²) in [6, 6.07) is 11.2. The number of H-pyrrole nitrogens is 1. The van der Waals surface area contributed by atoms with Crippen molar-refractivity contribution in [1.29, 1.82) is 0 Å². The summed E-state index contributed by atoms with van der Waals surface area (Å²) in [6.45, 7) is -2.91. The Bertz CT molecular complexity index is 1520. The number of aromatic amines is 1. The lowest BCUT2D eigenvalue weighted by Crippen LogP contribution is -2.41. The number of nitrogens with one attached hydrogen (secondary N) is 1. The molecular weight excluding hydrogens is 641 g/mol. The van der Waals surface area contributed by atoms with Crippen molar-refractivity contribution in [3.8, 4) is 11.5 Å². The molecule has 9 nitrogen and oxygen atoms in total. The van der Waals surface area contributed by atoms with E-state index in [9.17, 15) is 22.0 Å². The van der Waals surface area contributed by atoms with Crippen LogP contribution in [0.25, 0.3) is 0 Å². The Morgan fingerprint density at radius 1 is 0.977 bits per heavy atom. The minimum Gasteiger partial charge on any atom is -0.870 e. The molecule has 1 saturated carbocycles. The van der Waals surface area contributed by atoms with E-state index in [2.05, 4.69) is 4.98 Å². The zero-order valence-corrected chi connectivity index (χ0v) is 25.8. The number of hydrogen-bond acceptors (Lipinski definition) is 7. The normalized spacial score (nSPS) is 18.2. The second-order valence-electron chi connectivity index (χ2n) is 10.5. The second-order valence-corrected chi connectivity index (χ2v) is 13.2. The minimum atomic E-state index is -3.96. The van der Waals surface area contributed by atoms with Gasteiger partial charge in [0.2, 0.25) is 10.0 Å². The molecule has 44 heavy (non-hydrogen) atoms. The monoisotopic (exact) mass is 672 g/mol. The molecule has 0 unspecified atom stereocenters. The van der Waals surface area contributed by atoms with Crippen molar-refractivity contribution in [2.24, 2.45) is 0 Å². The maximum absolute atomic E-state index is 13.7. The molecule has 2 fully saturated rings. The average molecular weight is 674 g/mol. The second kappa shape index (κ2) is 14.8. The van der Waals surface area contributed by atoms with Crippen molar-refractivity contribution in [3.05, 3.63) is 82.1 Å². The maximum Gasteiger partial charge on any atom is 0.387 e. The number of carbonyl (C=O) groups is 1. The molecule has 2 aliphatic rings. The molecule has 0 spiro atoms. The fourth-order valence-corrected chi connectivity index (χ4v) is 7.69. The summed E-state index contributed by atoms with van der Waals surface area (Å²) in [4.78, 5) is 16.6. The molecule has 5 rings (SSSR count). The Kier molecular flexibility index (Phi) is 11.4. The highest BCUT2D eigenvalue weighted by Gasteiger charge is 2.41. The number of alkyl halides is 2. The van der Waals surface area contributed by atoms with Crippen LogP contribution in [0.3, 0.4) is 0 Å². The SMILES string of the molecule is O=C(O[C@@H](Cc1c(Cl)c[nH+]cc1Cl)c1ccc(OC(F)F)c(OC2CCCC2)c1)[C@@H]1CCCN1S(=O)(=O)c1ccccc1.[OH-]. The molecule has 2 aromatic carbocycles. The van der Waals surface area contributed by atoms with Crippen molar-refractivity contribution in [2.45, 2.75) is 74.7 Å². The van der Waals surface area contributed by atoms with Gasteiger partial charge in [-0.15, -0.1) is 0 Å². The molecule has 2 N–H and O–H groups in total. The fourth-order valence-electron chi connectivity index (χ4n) is 5.49. The number of nitrogens with zero attached hydrogens (tertiary/aromatic N) is 1. The summed E-state index contributed by atoms with van der Waals surface area (Å²) in [6.07, 6.45) is 6.11. The standard InChI is InChI=1S/C30H30Cl2F2N2O6S.H2O/c31-23-17-35-18-24(32)22(23)16-27(19-12-13-26(42-30(33)34)28(15-19)40-20-7-4-5-8-20)41-29(37)25-11-6-14-36(25)43(38,39)21-9-2-1-3-10-21;/h1-3,9-10,12-13,15,17-18,20,25,27,30H,4-8,11,14,16H2;1H2/t25-,27-;/m0./s1. The smallest absolute Gasteiger partial charge is 0.387 e. The maximum atomic E-state index is 13.7. The number of ether oxygens (including phenoxy) is 3. The van der Waals surface area contributed by atoms with E-state index in [1.807, 2.05) is 0 Å². The molecular formula is C30H32Cl2F2N2O7S. The van der Waals surface area contributed by atoms with Crippen molar-refractivity contribution < 1.29 is 46.7 Å². The quantitative estimate of drug-likeness (QED) is 0.221. The van der Waals surface area contributed by atoms with Crippen molar-refractivity contribution in [2.75, 3.05) is 6.54 Å². The van der Waals surface area contributed by atoms with Gasteiger partial charge in [-0.3, -0.25) is 4.79 Å². The van der Waals surface area contributed by atoms with Gasteiger partial charge in [-0.2, -0.15) is 13.1 Å². The molecule has 0 radical (unpaired) electrons. The minimum absolute atomic E-state index is 0. The van der Waals surface area contributed by atoms with Crippen LogP contribution in [0.1, 0.15) is 55.8 Å². The number of hydrogen-bond donors (Lipinski definition) is 0. The Balaban J connectivity index is 0.00000442. The first kappa shape index (κ1) is 33.9. The van der Waals surface area contributed by atoms with E-state index in [-0.39, 0.29) is 47.4 Å². The fraction of sp³-hybridized carbons (Fsp3) is 0.400. The van der Waals surface area contributed by atoms with Gasteiger partial charge >= 0.3 is 12.6 Å². The van der Waals surface area contributed by atoms with Gasteiger partial charge in [0.25, 0.3) is 0 Å². The van der Waals surface area contributed by atoms with E-state index >= 15 is 0 Å². The van der Waals surface area contributed by atoms with Gasteiger partial charge in [0.05, 0.1) is 11.0 Å². The van der Waals surface area contributed by atoms with E-state index in [4.69, 9.17) is 37.4 Å². The first-order valence-electron chi connectivity index (χ1n) is 14.0. The summed E-state index contributed by atoms with van der Waals surface area (Å²) in [7, 11) is -3.96. The molecule has 2 heterocycles. The molecule has 1 saturated heterocycles. The molecule has 1 aromatic heterocycles. The third kappa shape index (κ3) is 7.78. The number of sulfonamides is 1. The molecule has 3 aromatic rings. The van der Waals surface area contributed by atoms with E-state index in [1.165, 1.54) is 42.7 Å². The average Bonchev–Trinajstić information content (AvgIpc) is 3.69. The summed E-state index contributed by atoms with van der Waals surface area (Å²) in [5.41, 5.74) is 0.893. The van der Waals surface area contributed by atoms with E-state index in [0.29, 0.717) is 27.6 Å². The first-order valence-corrected chi connectivity index (χ1v) is 16.2. The van der Waals surface area contributed by atoms with Crippen LogP contribution in [0.4, 0.5) is 8.78 Å². The van der Waals surface area contributed by atoms with Gasteiger partial charge < -0.3 is 19.7 Å². The Labute approximate surface area is 264 Å². The van der Waals surface area contributed by atoms with Gasteiger partial charge in [-0.25, -0.2) is 13.4 Å². The van der Waals surface area contributed by atoms with Gasteiger partial charge in [-0.05, 0) is 68.4 Å². The molecule has 1 aliphatic carbocycles. The van der Waals surface area contributed by atoms with E-state index in [0.717, 1.165) is 30.0 Å². The Morgan fingerprint density at radius 3 is 2.32 bits per heavy atom. The summed E-state index contributed by atoms with van der Waals surface area (Å²) >= 11 is 12.9. The predicted octanol–water partition coefficient (Wildman–Crippen LogP) is 6.23. The third-order valence-electron chi connectivity index (χ3n) is 7.62. The molecule has 14 heteroatoms. The molecule has 238 valence electrons. The Hall–Kier alpha value is -3.03. The van der Waals surface area contributed by atoms with Gasteiger partial charge in [0.1, 0.15) is 22.2 Å². The van der Waals surface area contributed by atoms with Gasteiger partial charge in [0, 0.05) is 18.5 Å². The van der Waals surface area contributed by atoms with Gasteiger partial charge in [-0.1, -0.05) is 47.5 Å². The number of esters is 1. The van der Waals surface area contributed by atoms with Crippen molar-refractivity contribution >= 4 is 39.2 Å². The number of pyridine rings is 1. The van der Waals surface area contributed by atoms with Crippen LogP contribution in [0, 0.1) is 0 Å². The van der Waals surface area contributed by atoms with Crippen molar-refractivity contribution in [1.82, 2.24) is 4.31 Å². The largest absolute Gasteiger partial charge is 0.870 e. The number of benzene rings is 2. The van der Waals surface area contributed by atoms with Crippen LogP contribution >= 0.6 is 23.2 Å². The number of carbonyl (C=O) groups excluding carboxylic acids is 1. The molecule has 0 bridgehead atoms. The zero-order valence-electron chi connectivity index (χ0n) is 23.5. The van der Waals surface area contributed by atoms with Crippen LogP contribution in [0.5, 0.6) is 11.5 Å². The van der Waals surface area contributed by atoms with Crippen LogP contribution in [0.15, 0.2) is 65.8 Å². The topological polar surface area (TPSA) is 126 Å². The number of aromatic nitrogens is 1. The molecule has 1 aliphatic heterocycles. The predicted molar refractivity (Wildman–Crippen MR) is 157 cm³/mol. The zero-order chi connectivity index (χ0) is 30.6. The lowest BCUT2D eigenvalue weighted by atomic mass is 10.0. The van der Waals surface area contributed by atoms with E-state index < -0.39 is 34.7 Å². The lowest BCUT2D eigenvalue weighted by molar-refractivity contribution is -0.377. The highest BCUT2D eigenvalue weighted by Crippen LogP contribution is 2.38. The summed E-state index contributed by atoms with van der Waals surface area (Å²) in [5.74, 6) is -0.793. The van der Waals surface area contributed by atoms with Crippen molar-refractivity contribution in [3.63, 3.8) is 0 Å². The summed E-state index contributed by atoms with van der Waals surface area (Å²) in [5, 5.41) is 0.588. The highest BCUT2D eigenvalue weighted by molar-refractivity contribution is 7.89. The molecule has 0 amide bonds. The molecule has 2 atom stereocenters. The third-order valence-corrected chi connectivity index (χ3v) is 10.2. The van der Waals surface area contributed by atoms with Crippen LogP contribution < -0.4 is 14.5 Å². The number of rotatable bonds is 11. The summed E-state index contributed by atoms with van der Waals surface area (Å²) < 4.78 is 71.2. The van der Waals surface area contributed by atoms with E-state index in [1.54, 1.807) is 18.2 Å². The number of halogens is 4. The first-order chi connectivity index (χ1) is 20.6. The Morgan fingerprint density at radius 2 is 1.66 bits per heavy atom. The van der Waals surface area contributed by atoms with Gasteiger partial charge in [0.15, 0.2) is 23.9 Å². The van der Waals surface area contributed by atoms with Crippen LogP contribution in [0.2, 0.25) is 10.0 Å². The van der Waals surface area contributed by atoms with Crippen LogP contribution in [-0.2, 0) is 26.0 Å². The van der Waals surface area contributed by atoms with Crippen LogP contribution in [-0.4, -0.2) is 49.5 Å². The highest BCUT2D eigenvalue weighted by atomic mass is 35.5.